The van der Waals surface area contributed by atoms with Gasteiger partial charge in [-0.05, 0) is 25.0 Å². The number of hydrogen-bond donors (Lipinski definition) is 0. The van der Waals surface area contributed by atoms with E-state index in [4.69, 9.17) is 0 Å². The smallest absolute Gasteiger partial charge is 0.0846 e. The molecule has 1 aromatic carbocycles. The molecule has 1 saturated heterocycles. The van der Waals surface area contributed by atoms with Crippen molar-refractivity contribution in [1.82, 2.24) is 0 Å². The predicted molar refractivity (Wildman–Crippen MR) is 55.7 cm³/mol. The summed E-state index contributed by atoms with van der Waals surface area (Å²) in [6.07, 6.45) is 2.56. The molecule has 1 nitrogen and oxygen atoms in total. The van der Waals surface area contributed by atoms with Gasteiger partial charge in [0.15, 0.2) is 0 Å². The molecule has 0 N–H and O–H groups in total. The molecule has 2 heteroatoms. The maximum absolute atomic E-state index is 3.67. The zero-order chi connectivity index (χ0) is 8.39. The maximum atomic E-state index is 3.67. The molecular weight excluding hydrogens is 214 g/mol. The van der Waals surface area contributed by atoms with E-state index in [9.17, 15) is 0 Å². The van der Waals surface area contributed by atoms with E-state index in [0.29, 0.717) is 4.95 Å². The predicted octanol–water partition coefficient (Wildman–Crippen LogP) is 3.01. The molecule has 1 unspecified atom stereocenters. The number of halogens is 1. The van der Waals surface area contributed by atoms with Gasteiger partial charge in [-0.15, -0.1) is 0 Å². The molecule has 1 atom stereocenters. The number of para-hydroxylation sites is 1. The van der Waals surface area contributed by atoms with Gasteiger partial charge in [-0.1, -0.05) is 34.1 Å². The van der Waals surface area contributed by atoms with Crippen LogP contribution in [0.25, 0.3) is 0 Å². The van der Waals surface area contributed by atoms with Crippen LogP contribution in [-0.2, 0) is 0 Å². The van der Waals surface area contributed by atoms with Crippen LogP contribution in [0.15, 0.2) is 30.3 Å². The van der Waals surface area contributed by atoms with E-state index in [1.807, 2.05) is 0 Å². The lowest BCUT2D eigenvalue weighted by molar-refractivity contribution is 0.910. The van der Waals surface area contributed by atoms with E-state index in [1.54, 1.807) is 0 Å². The molecule has 12 heavy (non-hydrogen) atoms. The Morgan fingerprint density at radius 2 is 2.00 bits per heavy atom. The zero-order valence-corrected chi connectivity index (χ0v) is 8.50. The van der Waals surface area contributed by atoms with Crippen LogP contribution in [0.5, 0.6) is 0 Å². The van der Waals surface area contributed by atoms with Gasteiger partial charge in [-0.3, -0.25) is 0 Å². The molecule has 0 saturated carbocycles. The van der Waals surface area contributed by atoms with Gasteiger partial charge in [0.25, 0.3) is 0 Å². The average Bonchev–Trinajstić information content (AvgIpc) is 2.53. The van der Waals surface area contributed by atoms with E-state index >= 15 is 0 Å². The quantitative estimate of drug-likeness (QED) is 0.525. The number of rotatable bonds is 1. The maximum Gasteiger partial charge on any atom is 0.0846 e. The van der Waals surface area contributed by atoms with E-state index in [2.05, 4.69) is 51.2 Å². The summed E-state index contributed by atoms with van der Waals surface area (Å²) < 4.78 is 0. The minimum atomic E-state index is 0.542. The summed E-state index contributed by atoms with van der Waals surface area (Å²) in [4.78, 5) is 2.94. The number of hydrogen-bond acceptors (Lipinski definition) is 1. The molecule has 1 aliphatic heterocycles. The highest BCUT2D eigenvalue weighted by molar-refractivity contribution is 9.09. The van der Waals surface area contributed by atoms with Crippen LogP contribution in [0.4, 0.5) is 5.69 Å². The third-order valence-electron chi connectivity index (χ3n) is 2.27. The van der Waals surface area contributed by atoms with Crippen LogP contribution in [0.2, 0.25) is 0 Å². The normalized spacial score (nSPS) is 23.1. The standard InChI is InChI=1S/C10H12BrN/c11-10-7-4-8-12(10)9-5-2-1-3-6-9/h1-3,5-6,10H,4,7-8H2. The van der Waals surface area contributed by atoms with Gasteiger partial charge in [-0.2, -0.15) is 0 Å². The summed E-state index contributed by atoms with van der Waals surface area (Å²) in [5.41, 5.74) is 1.33. The third kappa shape index (κ3) is 1.48. The fraction of sp³-hybridized carbons (Fsp3) is 0.400. The number of anilines is 1. The van der Waals surface area contributed by atoms with Crippen molar-refractivity contribution in [3.63, 3.8) is 0 Å². The second-order valence-corrected chi connectivity index (χ2v) is 4.16. The van der Waals surface area contributed by atoms with Gasteiger partial charge in [0.1, 0.15) is 0 Å². The first kappa shape index (κ1) is 8.11. The third-order valence-corrected chi connectivity index (χ3v) is 3.22. The number of nitrogens with zero attached hydrogens (tertiary/aromatic N) is 1. The second kappa shape index (κ2) is 3.48. The number of alkyl halides is 1. The Morgan fingerprint density at radius 3 is 2.58 bits per heavy atom. The molecule has 64 valence electrons. The lowest BCUT2D eigenvalue weighted by Crippen LogP contribution is -2.23. The van der Waals surface area contributed by atoms with E-state index in [0.717, 1.165) is 0 Å². The highest BCUT2D eigenvalue weighted by Gasteiger charge is 2.21. The van der Waals surface area contributed by atoms with Gasteiger partial charge in [0, 0.05) is 12.2 Å². The minimum absolute atomic E-state index is 0.542. The van der Waals surface area contributed by atoms with Gasteiger partial charge >= 0.3 is 0 Å². The molecule has 0 aromatic heterocycles. The van der Waals surface area contributed by atoms with Gasteiger partial charge in [-0.25, -0.2) is 0 Å². The van der Waals surface area contributed by atoms with Crippen molar-refractivity contribution < 1.29 is 0 Å². The van der Waals surface area contributed by atoms with Crippen LogP contribution in [0, 0.1) is 0 Å². The molecule has 1 aliphatic rings. The average molecular weight is 226 g/mol. The summed E-state index contributed by atoms with van der Waals surface area (Å²) in [5.74, 6) is 0. The summed E-state index contributed by atoms with van der Waals surface area (Å²) >= 11 is 3.67. The molecule has 0 radical (unpaired) electrons. The van der Waals surface area contributed by atoms with E-state index in [-0.39, 0.29) is 0 Å². The number of benzene rings is 1. The summed E-state index contributed by atoms with van der Waals surface area (Å²) in [7, 11) is 0. The molecular formula is C10H12BrN. The molecule has 1 fully saturated rings. The monoisotopic (exact) mass is 225 g/mol. The van der Waals surface area contributed by atoms with Gasteiger partial charge < -0.3 is 4.90 Å². The van der Waals surface area contributed by atoms with Crippen LogP contribution >= 0.6 is 15.9 Å². The van der Waals surface area contributed by atoms with Crippen LogP contribution < -0.4 is 4.90 Å². The SMILES string of the molecule is BrC1CCCN1c1ccccc1. The highest BCUT2D eigenvalue weighted by atomic mass is 79.9. The Kier molecular flexibility index (Phi) is 2.35. The topological polar surface area (TPSA) is 3.24 Å². The summed E-state index contributed by atoms with van der Waals surface area (Å²) in [5, 5.41) is 0. The Bertz CT molecular complexity index is 247. The molecule has 0 bridgehead atoms. The summed E-state index contributed by atoms with van der Waals surface area (Å²) in [6.45, 7) is 1.18. The Morgan fingerprint density at radius 1 is 1.25 bits per heavy atom. The van der Waals surface area contributed by atoms with Crippen molar-refractivity contribution in [2.45, 2.75) is 17.8 Å². The van der Waals surface area contributed by atoms with Crippen LogP contribution in [-0.4, -0.2) is 11.5 Å². The van der Waals surface area contributed by atoms with Gasteiger partial charge in [0.2, 0.25) is 0 Å². The lowest BCUT2D eigenvalue weighted by atomic mass is 10.3. The molecule has 0 aliphatic carbocycles. The van der Waals surface area contributed by atoms with E-state index in [1.165, 1.54) is 25.1 Å². The van der Waals surface area contributed by atoms with Crippen molar-refractivity contribution >= 4 is 21.6 Å². The lowest BCUT2D eigenvalue weighted by Gasteiger charge is -2.21. The fourth-order valence-corrected chi connectivity index (χ4v) is 2.40. The second-order valence-electron chi connectivity index (χ2n) is 3.11. The van der Waals surface area contributed by atoms with Crippen molar-refractivity contribution in [1.29, 1.82) is 0 Å². The minimum Gasteiger partial charge on any atom is -0.359 e. The van der Waals surface area contributed by atoms with Gasteiger partial charge in [0.05, 0.1) is 4.95 Å². The van der Waals surface area contributed by atoms with Crippen molar-refractivity contribution in [3.05, 3.63) is 30.3 Å². The molecule has 0 spiro atoms. The summed E-state index contributed by atoms with van der Waals surface area (Å²) in [6, 6.07) is 10.6. The first-order valence-electron chi connectivity index (χ1n) is 4.34. The zero-order valence-electron chi connectivity index (χ0n) is 6.91. The largest absolute Gasteiger partial charge is 0.359 e. The molecule has 1 heterocycles. The van der Waals surface area contributed by atoms with Crippen LogP contribution in [0.1, 0.15) is 12.8 Å². The fourth-order valence-electron chi connectivity index (χ4n) is 1.64. The van der Waals surface area contributed by atoms with Crippen molar-refractivity contribution in [3.8, 4) is 0 Å². The Labute approximate surface area is 81.5 Å². The highest BCUT2D eigenvalue weighted by Crippen LogP contribution is 2.28. The van der Waals surface area contributed by atoms with Crippen molar-refractivity contribution in [2.75, 3.05) is 11.4 Å². The molecule has 0 amide bonds. The first-order chi connectivity index (χ1) is 5.88. The Hall–Kier alpha value is -0.500. The molecule has 2 rings (SSSR count). The van der Waals surface area contributed by atoms with Crippen molar-refractivity contribution in [2.24, 2.45) is 0 Å². The van der Waals surface area contributed by atoms with E-state index < -0.39 is 0 Å². The first-order valence-corrected chi connectivity index (χ1v) is 5.25. The Balaban J connectivity index is 2.19. The molecule has 1 aromatic rings. The van der Waals surface area contributed by atoms with Crippen LogP contribution in [0.3, 0.4) is 0 Å².